The minimum Gasteiger partial charge on any atom is -0.396 e. The molecule has 0 radical (unpaired) electrons. The van der Waals surface area contributed by atoms with E-state index in [1.165, 1.54) is 5.56 Å². The summed E-state index contributed by atoms with van der Waals surface area (Å²) >= 11 is 0. The van der Waals surface area contributed by atoms with Gasteiger partial charge >= 0.3 is 0 Å². The molecular weight excluding hydrogens is 222 g/mol. The van der Waals surface area contributed by atoms with Gasteiger partial charge in [0.15, 0.2) is 0 Å². The third-order valence-electron chi connectivity index (χ3n) is 3.71. The van der Waals surface area contributed by atoms with Crippen LogP contribution in [0.25, 0.3) is 0 Å². The highest BCUT2D eigenvalue weighted by molar-refractivity contribution is 5.46. The van der Waals surface area contributed by atoms with Crippen LogP contribution < -0.4 is 5.32 Å². The van der Waals surface area contributed by atoms with Gasteiger partial charge < -0.3 is 10.4 Å². The largest absolute Gasteiger partial charge is 0.396 e. The fourth-order valence-corrected chi connectivity index (χ4v) is 1.70. The van der Waals surface area contributed by atoms with Crippen molar-refractivity contribution in [2.45, 2.75) is 46.5 Å². The molecule has 1 unspecified atom stereocenters. The number of anilines is 1. The fraction of sp³-hybridized carbons (Fsp3) is 0.625. The summed E-state index contributed by atoms with van der Waals surface area (Å²) in [6, 6.07) is 8.58. The molecule has 2 nitrogen and oxygen atoms in total. The van der Waals surface area contributed by atoms with E-state index in [4.69, 9.17) is 0 Å². The molecule has 1 aromatic rings. The number of hydrogen-bond acceptors (Lipinski definition) is 2. The quantitative estimate of drug-likeness (QED) is 0.832. The second-order valence-corrected chi connectivity index (χ2v) is 6.50. The SMILES string of the molecule is CCC(C)(CO)CNc1ccc(C(C)(C)C)cc1. The Bertz CT molecular complexity index is 358. The lowest BCUT2D eigenvalue weighted by Gasteiger charge is -2.26. The van der Waals surface area contributed by atoms with Gasteiger partial charge in [-0.1, -0.05) is 46.8 Å². The minimum atomic E-state index is -0.0390. The van der Waals surface area contributed by atoms with Crippen LogP contribution in [-0.2, 0) is 5.41 Å². The Kier molecular flexibility index (Phi) is 4.80. The predicted octanol–water partition coefficient (Wildman–Crippen LogP) is 3.80. The highest BCUT2D eigenvalue weighted by Crippen LogP contribution is 2.25. The molecule has 0 amide bonds. The third kappa shape index (κ3) is 4.02. The molecule has 0 aliphatic carbocycles. The second kappa shape index (κ2) is 5.75. The zero-order valence-electron chi connectivity index (χ0n) is 12.4. The average molecular weight is 249 g/mol. The zero-order chi connectivity index (χ0) is 13.8. The number of hydrogen-bond donors (Lipinski definition) is 2. The summed E-state index contributed by atoms with van der Waals surface area (Å²) in [4.78, 5) is 0. The van der Waals surface area contributed by atoms with Gasteiger partial charge in [-0.15, -0.1) is 0 Å². The molecule has 0 fully saturated rings. The number of aliphatic hydroxyl groups is 1. The first-order valence-electron chi connectivity index (χ1n) is 6.76. The highest BCUT2D eigenvalue weighted by Gasteiger charge is 2.20. The van der Waals surface area contributed by atoms with Gasteiger partial charge in [0.1, 0.15) is 0 Å². The molecule has 0 aliphatic rings. The van der Waals surface area contributed by atoms with Crippen molar-refractivity contribution in [3.63, 3.8) is 0 Å². The van der Waals surface area contributed by atoms with Crippen molar-refractivity contribution in [3.8, 4) is 0 Å². The van der Waals surface area contributed by atoms with E-state index in [1.54, 1.807) is 0 Å². The maximum Gasteiger partial charge on any atom is 0.0501 e. The van der Waals surface area contributed by atoms with Gasteiger partial charge in [-0.25, -0.2) is 0 Å². The number of aliphatic hydroxyl groups excluding tert-OH is 1. The maximum atomic E-state index is 9.37. The first-order valence-corrected chi connectivity index (χ1v) is 6.76. The van der Waals surface area contributed by atoms with Crippen LogP contribution in [0.4, 0.5) is 5.69 Å². The zero-order valence-corrected chi connectivity index (χ0v) is 12.4. The molecule has 0 aliphatic heterocycles. The van der Waals surface area contributed by atoms with E-state index in [2.05, 4.69) is 64.2 Å². The standard InChI is InChI=1S/C16H27NO/c1-6-16(5,12-18)11-17-14-9-7-13(8-10-14)15(2,3)4/h7-10,17-18H,6,11-12H2,1-5H3. The molecule has 1 rings (SSSR count). The molecule has 0 saturated carbocycles. The maximum absolute atomic E-state index is 9.37. The predicted molar refractivity (Wildman–Crippen MR) is 79.1 cm³/mol. The summed E-state index contributed by atoms with van der Waals surface area (Å²) in [5.74, 6) is 0. The van der Waals surface area contributed by atoms with Crippen LogP contribution in [0, 0.1) is 5.41 Å². The third-order valence-corrected chi connectivity index (χ3v) is 3.71. The monoisotopic (exact) mass is 249 g/mol. The van der Waals surface area contributed by atoms with Crippen molar-refractivity contribution in [1.82, 2.24) is 0 Å². The molecule has 1 aromatic carbocycles. The van der Waals surface area contributed by atoms with Gasteiger partial charge in [0.2, 0.25) is 0 Å². The minimum absolute atomic E-state index is 0.0390. The normalized spacial score (nSPS) is 15.2. The first kappa shape index (κ1) is 15.0. The van der Waals surface area contributed by atoms with Crippen LogP contribution in [0.3, 0.4) is 0 Å². The van der Waals surface area contributed by atoms with E-state index in [-0.39, 0.29) is 17.4 Å². The number of rotatable bonds is 5. The number of nitrogens with one attached hydrogen (secondary N) is 1. The second-order valence-electron chi connectivity index (χ2n) is 6.50. The Hall–Kier alpha value is -1.02. The Balaban J connectivity index is 2.65. The van der Waals surface area contributed by atoms with Crippen molar-refractivity contribution in [3.05, 3.63) is 29.8 Å². The van der Waals surface area contributed by atoms with Crippen LogP contribution in [0.2, 0.25) is 0 Å². The lowest BCUT2D eigenvalue weighted by Crippen LogP contribution is -2.29. The van der Waals surface area contributed by atoms with Crippen molar-refractivity contribution in [2.75, 3.05) is 18.5 Å². The Labute approximate surface area is 111 Å². The Morgan fingerprint density at radius 3 is 2.00 bits per heavy atom. The van der Waals surface area contributed by atoms with Gasteiger partial charge in [-0.2, -0.15) is 0 Å². The van der Waals surface area contributed by atoms with Crippen LogP contribution >= 0.6 is 0 Å². The van der Waals surface area contributed by atoms with E-state index in [0.29, 0.717) is 0 Å². The molecule has 0 spiro atoms. The lowest BCUT2D eigenvalue weighted by molar-refractivity contribution is 0.149. The van der Waals surface area contributed by atoms with Gasteiger partial charge in [-0.05, 0) is 29.5 Å². The van der Waals surface area contributed by atoms with E-state index >= 15 is 0 Å². The van der Waals surface area contributed by atoms with Gasteiger partial charge in [0.05, 0.1) is 6.61 Å². The van der Waals surface area contributed by atoms with Gasteiger partial charge in [0, 0.05) is 17.6 Å². The van der Waals surface area contributed by atoms with Gasteiger partial charge in [0.25, 0.3) is 0 Å². The Morgan fingerprint density at radius 1 is 1.06 bits per heavy atom. The molecule has 0 bridgehead atoms. The summed E-state index contributed by atoms with van der Waals surface area (Å²) in [5.41, 5.74) is 2.62. The first-order chi connectivity index (χ1) is 8.30. The molecule has 0 aromatic heterocycles. The van der Waals surface area contributed by atoms with Crippen LogP contribution in [0.15, 0.2) is 24.3 Å². The molecule has 2 N–H and O–H groups in total. The average Bonchev–Trinajstić information content (AvgIpc) is 2.35. The fourth-order valence-electron chi connectivity index (χ4n) is 1.70. The van der Waals surface area contributed by atoms with E-state index in [9.17, 15) is 5.11 Å². The molecule has 0 heterocycles. The topological polar surface area (TPSA) is 32.3 Å². The summed E-state index contributed by atoms with van der Waals surface area (Å²) < 4.78 is 0. The molecule has 102 valence electrons. The van der Waals surface area contributed by atoms with Gasteiger partial charge in [-0.3, -0.25) is 0 Å². The number of benzene rings is 1. The van der Waals surface area contributed by atoms with Crippen molar-refractivity contribution in [2.24, 2.45) is 5.41 Å². The Morgan fingerprint density at radius 2 is 1.61 bits per heavy atom. The summed E-state index contributed by atoms with van der Waals surface area (Å²) in [7, 11) is 0. The molecule has 18 heavy (non-hydrogen) atoms. The lowest BCUT2D eigenvalue weighted by atomic mass is 9.87. The molecular formula is C16H27NO. The highest BCUT2D eigenvalue weighted by atomic mass is 16.3. The van der Waals surface area contributed by atoms with E-state index < -0.39 is 0 Å². The summed E-state index contributed by atoms with van der Waals surface area (Å²) in [6.45, 7) is 11.9. The van der Waals surface area contributed by atoms with Crippen LogP contribution in [0.1, 0.15) is 46.6 Å². The molecule has 1 atom stereocenters. The summed E-state index contributed by atoms with van der Waals surface area (Å²) in [5, 5.41) is 12.8. The van der Waals surface area contributed by atoms with Crippen LogP contribution in [0.5, 0.6) is 0 Å². The summed E-state index contributed by atoms with van der Waals surface area (Å²) in [6.07, 6.45) is 0.969. The molecule has 2 heteroatoms. The van der Waals surface area contributed by atoms with Crippen molar-refractivity contribution in [1.29, 1.82) is 0 Å². The smallest absolute Gasteiger partial charge is 0.0501 e. The molecule has 0 saturated heterocycles. The van der Waals surface area contributed by atoms with E-state index in [1.807, 2.05) is 0 Å². The van der Waals surface area contributed by atoms with Crippen molar-refractivity contribution >= 4 is 5.69 Å². The van der Waals surface area contributed by atoms with Crippen molar-refractivity contribution < 1.29 is 5.11 Å². The van der Waals surface area contributed by atoms with E-state index in [0.717, 1.165) is 18.7 Å². The van der Waals surface area contributed by atoms with Crippen LogP contribution in [-0.4, -0.2) is 18.3 Å².